The predicted molar refractivity (Wildman–Crippen MR) is 121 cm³/mol. The minimum absolute atomic E-state index is 0.0301. The molecule has 2 N–H and O–H groups in total. The van der Waals surface area contributed by atoms with E-state index in [1.165, 1.54) is 0 Å². The molecule has 3 amide bonds. The maximum atomic E-state index is 13.3. The molecule has 0 radical (unpaired) electrons. The van der Waals surface area contributed by atoms with E-state index in [1.807, 2.05) is 45.9 Å². The molecular formula is C24H37N3O4. The Bertz CT molecular complexity index is 810. The largest absolute Gasteiger partial charge is 0.444 e. The van der Waals surface area contributed by atoms with Gasteiger partial charge in [-0.3, -0.25) is 9.59 Å². The summed E-state index contributed by atoms with van der Waals surface area (Å²) >= 11 is 0. The van der Waals surface area contributed by atoms with Gasteiger partial charge < -0.3 is 20.3 Å². The Morgan fingerprint density at radius 2 is 1.77 bits per heavy atom. The van der Waals surface area contributed by atoms with Crippen LogP contribution in [-0.4, -0.2) is 47.0 Å². The Labute approximate surface area is 185 Å². The van der Waals surface area contributed by atoms with E-state index in [9.17, 15) is 14.4 Å². The first-order valence-electron chi connectivity index (χ1n) is 11.0. The lowest BCUT2D eigenvalue weighted by molar-refractivity contribution is -0.145. The number of carbonyl (C=O) groups is 3. The highest BCUT2D eigenvalue weighted by molar-refractivity contribution is 5.91. The molecule has 1 unspecified atom stereocenters. The molecule has 0 aliphatic heterocycles. The van der Waals surface area contributed by atoms with Gasteiger partial charge in [-0.2, -0.15) is 0 Å². The summed E-state index contributed by atoms with van der Waals surface area (Å²) in [5.74, 6) is -0.506. The predicted octanol–water partition coefficient (Wildman–Crippen LogP) is 3.77. The number of nitrogens with zero attached hydrogens (tertiary/aromatic N) is 1. The van der Waals surface area contributed by atoms with Crippen LogP contribution in [-0.2, 0) is 14.3 Å². The van der Waals surface area contributed by atoms with Gasteiger partial charge in [-0.1, -0.05) is 18.2 Å². The first-order chi connectivity index (χ1) is 14.4. The maximum Gasteiger partial charge on any atom is 0.408 e. The van der Waals surface area contributed by atoms with Crippen LogP contribution < -0.4 is 10.6 Å². The van der Waals surface area contributed by atoms with Crippen molar-refractivity contribution in [2.24, 2.45) is 0 Å². The number of hydrogen-bond donors (Lipinski definition) is 2. The van der Waals surface area contributed by atoms with Crippen LogP contribution >= 0.6 is 0 Å². The van der Waals surface area contributed by atoms with Gasteiger partial charge in [-0.15, -0.1) is 0 Å². The number of nitrogens with one attached hydrogen (secondary N) is 2. The van der Waals surface area contributed by atoms with Gasteiger partial charge in [0.2, 0.25) is 11.8 Å². The van der Waals surface area contributed by atoms with Gasteiger partial charge in [-0.05, 0) is 84.4 Å². The number of aryl methyl sites for hydroxylation is 2. The number of amides is 3. The van der Waals surface area contributed by atoms with Crippen LogP contribution in [0.2, 0.25) is 0 Å². The zero-order chi connectivity index (χ0) is 23.3. The van der Waals surface area contributed by atoms with Crippen LogP contribution in [0.15, 0.2) is 18.2 Å². The monoisotopic (exact) mass is 431 g/mol. The molecule has 31 heavy (non-hydrogen) atoms. The Morgan fingerprint density at radius 3 is 2.26 bits per heavy atom. The number of rotatable bonds is 7. The van der Waals surface area contributed by atoms with Crippen LogP contribution in [0.4, 0.5) is 4.79 Å². The van der Waals surface area contributed by atoms with E-state index in [-0.39, 0.29) is 30.4 Å². The Kier molecular flexibility index (Phi) is 8.09. The zero-order valence-corrected chi connectivity index (χ0v) is 19.9. The molecular weight excluding hydrogens is 394 g/mol. The molecule has 1 aliphatic carbocycles. The minimum Gasteiger partial charge on any atom is -0.444 e. The molecule has 1 aliphatic rings. The SMILES string of the molecule is Cc1ccc(C(C(=O)NC(C)C)N(C(=O)CNC(=O)OC(C)(C)C)C2CCC2)cc1C. The van der Waals surface area contributed by atoms with Crippen molar-refractivity contribution in [3.8, 4) is 0 Å². The minimum atomic E-state index is -0.750. The second-order valence-corrected chi connectivity index (χ2v) is 9.65. The summed E-state index contributed by atoms with van der Waals surface area (Å²) < 4.78 is 5.24. The fourth-order valence-corrected chi connectivity index (χ4v) is 3.51. The van der Waals surface area contributed by atoms with Crippen LogP contribution in [0.1, 0.15) is 76.6 Å². The Balaban J connectivity index is 2.32. The lowest BCUT2D eigenvalue weighted by Crippen LogP contribution is -2.54. The topological polar surface area (TPSA) is 87.7 Å². The van der Waals surface area contributed by atoms with E-state index in [1.54, 1.807) is 25.7 Å². The smallest absolute Gasteiger partial charge is 0.408 e. The summed E-state index contributed by atoms with van der Waals surface area (Å²) in [5, 5.41) is 5.51. The van der Waals surface area contributed by atoms with E-state index >= 15 is 0 Å². The summed E-state index contributed by atoms with van der Waals surface area (Å²) in [6.45, 7) is 12.9. The summed E-state index contributed by atoms with van der Waals surface area (Å²) in [5.41, 5.74) is 2.31. The van der Waals surface area contributed by atoms with Crippen LogP contribution in [0.25, 0.3) is 0 Å². The maximum absolute atomic E-state index is 13.3. The molecule has 1 aromatic carbocycles. The second-order valence-electron chi connectivity index (χ2n) is 9.65. The number of alkyl carbamates (subject to hydrolysis) is 1. The highest BCUT2D eigenvalue weighted by Gasteiger charge is 2.39. The van der Waals surface area contributed by atoms with Crippen molar-refractivity contribution in [1.29, 1.82) is 0 Å². The average molecular weight is 432 g/mol. The third-order valence-corrected chi connectivity index (χ3v) is 5.34. The molecule has 0 aromatic heterocycles. The Hall–Kier alpha value is -2.57. The van der Waals surface area contributed by atoms with Crippen molar-refractivity contribution < 1.29 is 19.1 Å². The zero-order valence-electron chi connectivity index (χ0n) is 19.9. The number of carbonyl (C=O) groups excluding carboxylic acids is 3. The molecule has 1 atom stereocenters. The second kappa shape index (κ2) is 10.2. The first kappa shape index (κ1) is 24.7. The standard InChI is InChI=1S/C24H37N3O4/c1-15(2)26-22(29)21(18-12-11-16(3)17(4)13-18)27(19-9-8-10-19)20(28)14-25-23(30)31-24(5,6)7/h11-13,15,19,21H,8-10,14H2,1-7H3,(H,25,30)(H,26,29). The number of hydrogen-bond acceptors (Lipinski definition) is 4. The molecule has 0 heterocycles. The van der Waals surface area contributed by atoms with Crippen molar-refractivity contribution >= 4 is 17.9 Å². The van der Waals surface area contributed by atoms with Gasteiger partial charge in [-0.25, -0.2) is 4.79 Å². The highest BCUT2D eigenvalue weighted by Crippen LogP contribution is 2.33. The Morgan fingerprint density at radius 1 is 1.13 bits per heavy atom. The van der Waals surface area contributed by atoms with Crippen molar-refractivity contribution in [3.05, 3.63) is 34.9 Å². The molecule has 1 saturated carbocycles. The van der Waals surface area contributed by atoms with Gasteiger partial charge in [0, 0.05) is 12.1 Å². The van der Waals surface area contributed by atoms with Gasteiger partial charge in [0.1, 0.15) is 18.2 Å². The van der Waals surface area contributed by atoms with E-state index in [2.05, 4.69) is 10.6 Å². The van der Waals surface area contributed by atoms with Crippen molar-refractivity contribution in [2.45, 2.75) is 91.5 Å². The van der Waals surface area contributed by atoms with Crippen LogP contribution in [0.5, 0.6) is 0 Å². The summed E-state index contributed by atoms with van der Waals surface area (Å²) in [6, 6.07) is 5.02. The van der Waals surface area contributed by atoms with E-state index in [0.29, 0.717) is 0 Å². The van der Waals surface area contributed by atoms with Gasteiger partial charge in [0.15, 0.2) is 0 Å². The van der Waals surface area contributed by atoms with Gasteiger partial charge in [0.25, 0.3) is 0 Å². The average Bonchev–Trinajstić information content (AvgIpc) is 2.58. The lowest BCUT2D eigenvalue weighted by atomic mass is 9.88. The molecule has 172 valence electrons. The molecule has 0 saturated heterocycles. The number of benzene rings is 1. The normalized spacial score (nSPS) is 15.1. The van der Waals surface area contributed by atoms with Gasteiger partial charge in [0.05, 0.1) is 0 Å². The van der Waals surface area contributed by atoms with Crippen LogP contribution in [0, 0.1) is 13.8 Å². The van der Waals surface area contributed by atoms with E-state index in [4.69, 9.17) is 4.74 Å². The summed E-state index contributed by atoms with van der Waals surface area (Å²) in [4.78, 5) is 40.2. The molecule has 7 heteroatoms. The third kappa shape index (κ3) is 6.97. The van der Waals surface area contributed by atoms with E-state index < -0.39 is 17.7 Å². The van der Waals surface area contributed by atoms with Crippen molar-refractivity contribution in [2.75, 3.05) is 6.54 Å². The molecule has 1 fully saturated rings. The summed E-state index contributed by atoms with van der Waals surface area (Å²) in [6.07, 6.45) is 2.05. The summed E-state index contributed by atoms with van der Waals surface area (Å²) in [7, 11) is 0. The van der Waals surface area contributed by atoms with Crippen LogP contribution in [0.3, 0.4) is 0 Å². The molecule has 2 rings (SSSR count). The third-order valence-electron chi connectivity index (χ3n) is 5.34. The van der Waals surface area contributed by atoms with Crippen molar-refractivity contribution in [1.82, 2.24) is 15.5 Å². The molecule has 1 aromatic rings. The molecule has 0 spiro atoms. The number of ether oxygens (including phenoxy) is 1. The highest BCUT2D eigenvalue weighted by atomic mass is 16.6. The molecule has 0 bridgehead atoms. The quantitative estimate of drug-likeness (QED) is 0.688. The lowest BCUT2D eigenvalue weighted by Gasteiger charge is -2.42. The first-order valence-corrected chi connectivity index (χ1v) is 11.0. The fourth-order valence-electron chi connectivity index (χ4n) is 3.51. The fraction of sp³-hybridized carbons (Fsp3) is 0.625. The van der Waals surface area contributed by atoms with E-state index in [0.717, 1.165) is 36.0 Å². The van der Waals surface area contributed by atoms with Crippen molar-refractivity contribution in [3.63, 3.8) is 0 Å². The molecule has 7 nitrogen and oxygen atoms in total. The van der Waals surface area contributed by atoms with Gasteiger partial charge >= 0.3 is 6.09 Å².